The highest BCUT2D eigenvalue weighted by molar-refractivity contribution is 9.10. The average molecular weight is 365 g/mol. The SMILES string of the molecule is CC(c1nc(=S)c(Br)c(C2CCCC2)[nH]1)S(C)(=O)=O. The lowest BCUT2D eigenvalue weighted by atomic mass is 10.0. The van der Waals surface area contributed by atoms with Crippen LogP contribution in [0.25, 0.3) is 0 Å². The predicted molar refractivity (Wildman–Crippen MR) is 81.6 cm³/mol. The van der Waals surface area contributed by atoms with Crippen LogP contribution in [-0.4, -0.2) is 24.6 Å². The minimum atomic E-state index is -3.18. The molecule has 0 saturated heterocycles. The van der Waals surface area contributed by atoms with Crippen molar-refractivity contribution in [1.82, 2.24) is 9.97 Å². The molecule has 0 radical (unpaired) electrons. The molecule has 0 bridgehead atoms. The number of rotatable bonds is 3. The van der Waals surface area contributed by atoms with Crippen molar-refractivity contribution in [1.29, 1.82) is 0 Å². The normalized spacial score (nSPS) is 18.7. The largest absolute Gasteiger partial charge is 0.345 e. The standard InChI is InChI=1S/C12H17BrN2O2S2/c1-7(19(2,16)17)11-14-10(8-5-3-4-6-8)9(13)12(18)15-11/h7-8H,3-6H2,1-2H3,(H,14,15,18). The molecule has 1 aromatic rings. The van der Waals surface area contributed by atoms with Crippen LogP contribution in [0.5, 0.6) is 0 Å². The van der Waals surface area contributed by atoms with Gasteiger partial charge in [-0.05, 0) is 35.7 Å². The molecule has 4 nitrogen and oxygen atoms in total. The van der Waals surface area contributed by atoms with Gasteiger partial charge in [-0.25, -0.2) is 13.4 Å². The molecule has 1 aromatic heterocycles. The van der Waals surface area contributed by atoms with Gasteiger partial charge in [0.1, 0.15) is 15.7 Å². The van der Waals surface area contributed by atoms with Crippen molar-refractivity contribution in [2.45, 2.75) is 43.8 Å². The molecular formula is C12H17BrN2O2S2. The summed E-state index contributed by atoms with van der Waals surface area (Å²) in [5, 5.41) is -0.664. The Kier molecular flexibility index (Phi) is 4.47. The highest BCUT2D eigenvalue weighted by Gasteiger charge is 2.25. The van der Waals surface area contributed by atoms with Gasteiger partial charge in [0.05, 0.1) is 4.47 Å². The summed E-state index contributed by atoms with van der Waals surface area (Å²) in [6, 6.07) is 0. The summed E-state index contributed by atoms with van der Waals surface area (Å²) >= 11 is 8.71. The third-order valence-corrected chi connectivity index (χ3v) is 6.57. The van der Waals surface area contributed by atoms with E-state index in [0.717, 1.165) is 23.0 Å². The Hall–Kier alpha value is -0.270. The lowest BCUT2D eigenvalue weighted by molar-refractivity contribution is 0.587. The summed E-state index contributed by atoms with van der Waals surface area (Å²) in [5.74, 6) is 0.863. The van der Waals surface area contributed by atoms with Gasteiger partial charge in [0.2, 0.25) is 0 Å². The molecule has 19 heavy (non-hydrogen) atoms. The number of nitrogens with zero attached hydrogens (tertiary/aromatic N) is 1. The second-order valence-corrected chi connectivity index (χ2v) is 8.65. The molecule has 1 aliphatic carbocycles. The molecule has 106 valence electrons. The summed E-state index contributed by atoms with van der Waals surface area (Å²) in [5.41, 5.74) is 1.00. The van der Waals surface area contributed by atoms with E-state index in [1.807, 2.05) is 0 Å². The number of nitrogens with one attached hydrogen (secondary N) is 1. The Morgan fingerprint density at radius 3 is 2.53 bits per heavy atom. The van der Waals surface area contributed by atoms with E-state index >= 15 is 0 Å². The molecule has 0 spiro atoms. The molecule has 1 saturated carbocycles. The van der Waals surface area contributed by atoms with E-state index in [1.54, 1.807) is 6.92 Å². The van der Waals surface area contributed by atoms with E-state index in [9.17, 15) is 8.42 Å². The van der Waals surface area contributed by atoms with E-state index in [2.05, 4.69) is 25.9 Å². The van der Waals surface area contributed by atoms with Gasteiger partial charge in [0.25, 0.3) is 0 Å². The van der Waals surface area contributed by atoms with Crippen molar-refractivity contribution in [3.05, 3.63) is 20.6 Å². The number of aromatic amines is 1. The van der Waals surface area contributed by atoms with Gasteiger partial charge in [0, 0.05) is 17.9 Å². The predicted octanol–water partition coefficient (Wildman–Crippen LogP) is 3.66. The first kappa shape index (κ1) is 15.1. The molecule has 7 heteroatoms. The van der Waals surface area contributed by atoms with Crippen molar-refractivity contribution < 1.29 is 8.42 Å². The number of hydrogen-bond donors (Lipinski definition) is 1. The lowest BCUT2D eigenvalue weighted by Crippen LogP contribution is -2.14. The molecule has 1 unspecified atom stereocenters. The summed E-state index contributed by atoms with van der Waals surface area (Å²) in [7, 11) is -3.18. The summed E-state index contributed by atoms with van der Waals surface area (Å²) in [6.07, 6.45) is 5.85. The van der Waals surface area contributed by atoms with Crippen LogP contribution in [0, 0.1) is 4.64 Å². The third kappa shape index (κ3) is 3.25. The topological polar surface area (TPSA) is 62.8 Å². The second kappa shape index (κ2) is 5.61. The van der Waals surface area contributed by atoms with Gasteiger partial charge in [-0.15, -0.1) is 0 Å². The quantitative estimate of drug-likeness (QED) is 0.831. The molecule has 1 heterocycles. The van der Waals surface area contributed by atoms with Gasteiger partial charge in [-0.2, -0.15) is 0 Å². The Labute approximate surface area is 127 Å². The molecular weight excluding hydrogens is 348 g/mol. The van der Waals surface area contributed by atoms with Crippen molar-refractivity contribution in [3.8, 4) is 0 Å². The van der Waals surface area contributed by atoms with E-state index in [1.165, 1.54) is 19.1 Å². The Morgan fingerprint density at radius 2 is 2.00 bits per heavy atom. The molecule has 1 aliphatic rings. The van der Waals surface area contributed by atoms with Crippen molar-refractivity contribution in [2.24, 2.45) is 0 Å². The van der Waals surface area contributed by atoms with Crippen molar-refractivity contribution in [3.63, 3.8) is 0 Å². The minimum Gasteiger partial charge on any atom is -0.345 e. The van der Waals surface area contributed by atoms with Gasteiger partial charge >= 0.3 is 0 Å². The maximum Gasteiger partial charge on any atom is 0.157 e. The summed E-state index contributed by atoms with van der Waals surface area (Å²) in [6.45, 7) is 1.63. The maximum atomic E-state index is 11.7. The highest BCUT2D eigenvalue weighted by atomic mass is 79.9. The van der Waals surface area contributed by atoms with Crippen LogP contribution in [-0.2, 0) is 9.84 Å². The Balaban J connectivity index is 2.50. The number of halogens is 1. The lowest BCUT2D eigenvalue weighted by Gasteiger charge is -2.16. The fourth-order valence-corrected chi connectivity index (χ4v) is 3.62. The monoisotopic (exact) mass is 364 g/mol. The van der Waals surface area contributed by atoms with Crippen LogP contribution in [0.4, 0.5) is 0 Å². The molecule has 0 aliphatic heterocycles. The first-order valence-corrected chi connectivity index (χ1v) is 9.44. The first-order valence-electron chi connectivity index (χ1n) is 6.29. The molecule has 0 amide bonds. The zero-order valence-electron chi connectivity index (χ0n) is 10.9. The van der Waals surface area contributed by atoms with Gasteiger partial charge in [-0.1, -0.05) is 25.1 Å². The van der Waals surface area contributed by atoms with Crippen LogP contribution >= 0.6 is 28.1 Å². The van der Waals surface area contributed by atoms with Gasteiger partial charge in [-0.3, -0.25) is 0 Å². The van der Waals surface area contributed by atoms with Crippen molar-refractivity contribution in [2.75, 3.05) is 6.26 Å². The molecule has 2 rings (SSSR count). The third-order valence-electron chi connectivity index (χ3n) is 3.70. The summed E-state index contributed by atoms with van der Waals surface area (Å²) in [4.78, 5) is 7.40. The van der Waals surface area contributed by atoms with E-state index < -0.39 is 15.1 Å². The van der Waals surface area contributed by atoms with E-state index in [-0.39, 0.29) is 0 Å². The Bertz CT molecular complexity index is 634. The van der Waals surface area contributed by atoms with E-state index in [4.69, 9.17) is 12.2 Å². The number of H-pyrrole nitrogens is 1. The van der Waals surface area contributed by atoms with Crippen LogP contribution < -0.4 is 0 Å². The maximum absolute atomic E-state index is 11.7. The smallest absolute Gasteiger partial charge is 0.157 e. The molecule has 1 atom stereocenters. The van der Waals surface area contributed by atoms with Gasteiger partial charge < -0.3 is 4.98 Å². The number of hydrogen-bond acceptors (Lipinski definition) is 4. The van der Waals surface area contributed by atoms with Crippen LogP contribution in [0.1, 0.15) is 55.3 Å². The zero-order valence-corrected chi connectivity index (χ0v) is 14.2. The fourth-order valence-electron chi connectivity index (χ4n) is 2.39. The minimum absolute atomic E-state index is 0.421. The number of aromatic nitrogens is 2. The summed E-state index contributed by atoms with van der Waals surface area (Å²) < 4.78 is 24.6. The van der Waals surface area contributed by atoms with Crippen LogP contribution in [0.3, 0.4) is 0 Å². The Morgan fingerprint density at radius 1 is 1.42 bits per heavy atom. The molecule has 1 fully saturated rings. The number of sulfone groups is 1. The molecule has 0 aromatic carbocycles. The molecule has 1 N–H and O–H groups in total. The fraction of sp³-hybridized carbons (Fsp3) is 0.667. The van der Waals surface area contributed by atoms with Crippen LogP contribution in [0.15, 0.2) is 4.47 Å². The van der Waals surface area contributed by atoms with E-state index in [0.29, 0.717) is 16.4 Å². The second-order valence-electron chi connectivity index (χ2n) is 5.11. The van der Waals surface area contributed by atoms with Crippen LogP contribution in [0.2, 0.25) is 0 Å². The zero-order chi connectivity index (χ0) is 14.2. The average Bonchev–Trinajstić information content (AvgIpc) is 2.83. The highest BCUT2D eigenvalue weighted by Crippen LogP contribution is 2.37. The van der Waals surface area contributed by atoms with Crippen molar-refractivity contribution >= 4 is 38.0 Å². The van der Waals surface area contributed by atoms with Gasteiger partial charge in [0.15, 0.2) is 9.84 Å². The first-order chi connectivity index (χ1) is 8.80.